The summed E-state index contributed by atoms with van der Waals surface area (Å²) in [6.07, 6.45) is 0. The quantitative estimate of drug-likeness (QED) is 0.165. The van der Waals surface area contributed by atoms with Gasteiger partial charge in [0.1, 0.15) is 11.2 Å². The van der Waals surface area contributed by atoms with E-state index in [2.05, 4.69) is 153 Å². The van der Waals surface area contributed by atoms with Crippen LogP contribution in [0.4, 0.5) is 0 Å². The van der Waals surface area contributed by atoms with Crippen LogP contribution in [0.3, 0.4) is 0 Å². The predicted octanol–water partition coefficient (Wildman–Crippen LogP) is 13.7. The van der Waals surface area contributed by atoms with Crippen LogP contribution in [0.1, 0.15) is 5.56 Å². The van der Waals surface area contributed by atoms with Gasteiger partial charge in [0, 0.05) is 27.5 Å². The molecule has 0 spiro atoms. The largest absolute Gasteiger partial charge is 0.456 e. The average molecular weight is 718 g/mol. The Hall–Kier alpha value is -7.43. The van der Waals surface area contributed by atoms with E-state index in [-0.39, 0.29) is 0 Å². The second-order valence-corrected chi connectivity index (χ2v) is 14.1. The van der Waals surface area contributed by atoms with Crippen molar-refractivity contribution in [1.82, 2.24) is 15.0 Å². The molecule has 56 heavy (non-hydrogen) atoms. The molecule has 0 N–H and O–H groups in total. The molecule has 0 saturated carbocycles. The molecule has 0 amide bonds. The zero-order chi connectivity index (χ0) is 37.4. The third-order valence-electron chi connectivity index (χ3n) is 10.4. The minimum Gasteiger partial charge on any atom is -0.456 e. The molecule has 0 atom stereocenters. The molecule has 8 aromatic carbocycles. The summed E-state index contributed by atoms with van der Waals surface area (Å²) >= 11 is 0. The SMILES string of the molecule is Cc1cccc(-c2cc(-c3ccccc3)cc(-c3nc(-c4ccccc4)nc(-c4ccc5c(c4)oc4cccc(-c6ccc(-c7ccccc7)cc6)c45)n3)c2)c1. The van der Waals surface area contributed by atoms with Crippen LogP contribution in [0.15, 0.2) is 199 Å². The van der Waals surface area contributed by atoms with Crippen molar-refractivity contribution in [3.63, 3.8) is 0 Å². The average Bonchev–Trinajstić information content (AvgIpc) is 3.65. The van der Waals surface area contributed by atoms with Crippen molar-refractivity contribution in [3.05, 3.63) is 200 Å². The lowest BCUT2D eigenvalue weighted by Crippen LogP contribution is -2.00. The zero-order valence-corrected chi connectivity index (χ0v) is 30.7. The van der Waals surface area contributed by atoms with Gasteiger partial charge in [0.15, 0.2) is 17.5 Å². The summed E-state index contributed by atoms with van der Waals surface area (Å²) < 4.78 is 6.57. The second-order valence-electron chi connectivity index (χ2n) is 14.1. The first-order valence-corrected chi connectivity index (χ1v) is 18.8. The summed E-state index contributed by atoms with van der Waals surface area (Å²) in [7, 11) is 0. The van der Waals surface area contributed by atoms with Crippen LogP contribution in [0.2, 0.25) is 0 Å². The number of nitrogens with zero attached hydrogens (tertiary/aromatic N) is 3. The maximum atomic E-state index is 6.57. The fourth-order valence-electron chi connectivity index (χ4n) is 7.57. The number of rotatable bonds is 7. The number of fused-ring (bicyclic) bond motifs is 3. The Bertz CT molecular complexity index is 3010. The van der Waals surface area contributed by atoms with E-state index in [4.69, 9.17) is 19.4 Å². The van der Waals surface area contributed by atoms with Crippen LogP contribution in [-0.2, 0) is 0 Å². The lowest BCUT2D eigenvalue weighted by atomic mass is 9.95. The summed E-state index contributed by atoms with van der Waals surface area (Å²) in [4.78, 5) is 15.4. The minimum absolute atomic E-state index is 0.579. The molecule has 2 heterocycles. The summed E-state index contributed by atoms with van der Waals surface area (Å²) in [5, 5.41) is 2.13. The fraction of sp³-hybridized carbons (Fsp3) is 0.0192. The molecule has 0 fully saturated rings. The van der Waals surface area contributed by atoms with Crippen LogP contribution in [0.5, 0.6) is 0 Å². The van der Waals surface area contributed by atoms with Gasteiger partial charge in [0.05, 0.1) is 0 Å². The highest BCUT2D eigenvalue weighted by atomic mass is 16.3. The van der Waals surface area contributed by atoms with E-state index >= 15 is 0 Å². The van der Waals surface area contributed by atoms with E-state index in [0.29, 0.717) is 17.5 Å². The summed E-state index contributed by atoms with van der Waals surface area (Å²) in [5.74, 6) is 1.79. The van der Waals surface area contributed by atoms with Crippen LogP contribution in [-0.4, -0.2) is 15.0 Å². The lowest BCUT2D eigenvalue weighted by Gasteiger charge is -2.13. The third-order valence-corrected chi connectivity index (χ3v) is 10.4. The molecule has 0 aliphatic rings. The highest BCUT2D eigenvalue weighted by Gasteiger charge is 2.18. The van der Waals surface area contributed by atoms with Gasteiger partial charge in [-0.15, -0.1) is 0 Å². The molecule has 10 aromatic rings. The maximum absolute atomic E-state index is 6.57. The standard InChI is InChI=1S/C52H35N3O/c1-34-13-11-20-40(29-34)43-30-42(36-16-7-3-8-17-36)31-44(32-43)52-54-50(39-18-9-4-10-19-39)53-51(55-52)41-27-28-46-48(33-41)56-47-22-12-21-45(49(46)47)38-25-23-37(24-26-38)35-14-5-2-6-15-35/h2-33H,1H3. The maximum Gasteiger partial charge on any atom is 0.164 e. The highest BCUT2D eigenvalue weighted by molar-refractivity contribution is 6.13. The number of benzene rings is 8. The molecule has 4 nitrogen and oxygen atoms in total. The summed E-state index contributed by atoms with van der Waals surface area (Å²) in [6, 6.07) is 67.6. The minimum atomic E-state index is 0.579. The van der Waals surface area contributed by atoms with Crippen molar-refractivity contribution in [2.45, 2.75) is 6.92 Å². The molecule has 0 bridgehead atoms. The fourth-order valence-corrected chi connectivity index (χ4v) is 7.57. The van der Waals surface area contributed by atoms with Crippen molar-refractivity contribution in [3.8, 4) is 78.7 Å². The second kappa shape index (κ2) is 14.1. The van der Waals surface area contributed by atoms with Crippen molar-refractivity contribution >= 4 is 21.9 Å². The van der Waals surface area contributed by atoms with Crippen LogP contribution in [0, 0.1) is 6.92 Å². The molecule has 2 aromatic heterocycles. The Labute approximate surface area is 325 Å². The van der Waals surface area contributed by atoms with Crippen molar-refractivity contribution in [2.24, 2.45) is 0 Å². The topological polar surface area (TPSA) is 51.8 Å². The Balaban J connectivity index is 1.11. The molecular formula is C52H35N3O. The van der Waals surface area contributed by atoms with Gasteiger partial charge in [-0.1, -0.05) is 163 Å². The van der Waals surface area contributed by atoms with Crippen LogP contribution >= 0.6 is 0 Å². The number of furan rings is 1. The molecule has 0 unspecified atom stereocenters. The number of hydrogen-bond acceptors (Lipinski definition) is 4. The van der Waals surface area contributed by atoms with E-state index in [1.165, 1.54) is 16.7 Å². The van der Waals surface area contributed by atoms with Gasteiger partial charge in [-0.25, -0.2) is 15.0 Å². The first kappa shape index (κ1) is 33.2. The van der Waals surface area contributed by atoms with Crippen molar-refractivity contribution < 1.29 is 4.42 Å². The van der Waals surface area contributed by atoms with Crippen LogP contribution in [0.25, 0.3) is 101 Å². The van der Waals surface area contributed by atoms with Gasteiger partial charge >= 0.3 is 0 Å². The summed E-state index contributed by atoms with van der Waals surface area (Å²) in [5.41, 5.74) is 14.6. The Morgan fingerprint density at radius 2 is 0.821 bits per heavy atom. The van der Waals surface area contributed by atoms with E-state index < -0.39 is 0 Å². The van der Waals surface area contributed by atoms with E-state index in [9.17, 15) is 0 Å². The Morgan fingerprint density at radius 1 is 0.321 bits per heavy atom. The lowest BCUT2D eigenvalue weighted by molar-refractivity contribution is 0.669. The molecule has 4 heteroatoms. The molecule has 10 rings (SSSR count). The number of hydrogen-bond donors (Lipinski definition) is 0. The predicted molar refractivity (Wildman–Crippen MR) is 230 cm³/mol. The number of aryl methyl sites for hydroxylation is 1. The molecular weight excluding hydrogens is 683 g/mol. The van der Waals surface area contributed by atoms with Gasteiger partial charge in [-0.3, -0.25) is 0 Å². The Morgan fingerprint density at radius 3 is 1.50 bits per heavy atom. The Kier molecular flexibility index (Phi) is 8.34. The van der Waals surface area contributed by atoms with E-state index in [1.807, 2.05) is 48.5 Å². The van der Waals surface area contributed by atoms with Crippen LogP contribution < -0.4 is 0 Å². The van der Waals surface area contributed by atoms with Gasteiger partial charge in [0.2, 0.25) is 0 Å². The van der Waals surface area contributed by atoms with Gasteiger partial charge < -0.3 is 4.42 Å². The van der Waals surface area contributed by atoms with Gasteiger partial charge in [-0.05, 0) is 87.8 Å². The molecule has 0 aliphatic heterocycles. The summed E-state index contributed by atoms with van der Waals surface area (Å²) in [6.45, 7) is 2.12. The van der Waals surface area contributed by atoms with Crippen molar-refractivity contribution in [1.29, 1.82) is 0 Å². The smallest absolute Gasteiger partial charge is 0.164 e. The van der Waals surface area contributed by atoms with E-state index in [1.54, 1.807) is 0 Å². The first-order chi connectivity index (χ1) is 27.6. The first-order valence-electron chi connectivity index (χ1n) is 18.8. The number of aromatic nitrogens is 3. The molecule has 264 valence electrons. The van der Waals surface area contributed by atoms with Gasteiger partial charge in [-0.2, -0.15) is 0 Å². The molecule has 0 saturated heterocycles. The highest BCUT2D eigenvalue weighted by Crippen LogP contribution is 2.39. The van der Waals surface area contributed by atoms with Gasteiger partial charge in [0.25, 0.3) is 0 Å². The zero-order valence-electron chi connectivity index (χ0n) is 30.7. The molecule has 0 aliphatic carbocycles. The normalized spacial score (nSPS) is 11.3. The van der Waals surface area contributed by atoms with E-state index in [0.717, 1.165) is 72.0 Å². The molecule has 0 radical (unpaired) electrons. The monoisotopic (exact) mass is 717 g/mol. The van der Waals surface area contributed by atoms with Crippen molar-refractivity contribution in [2.75, 3.05) is 0 Å². The third kappa shape index (κ3) is 6.33.